The standard InChI is InChI=1S/C27H28ClN3O4S/c1-19-15-23(7-10-29-19)30-12-8-27(9-13-30)18-25(32)31(26(27)33)11-2-14-36(34,35)24-6-4-20-16-22(28)5-3-21(20)17-24/h3-7,10,15-17H,2,8-9,11-14,18H2,1H3. The van der Waals surface area contributed by atoms with Crippen molar-refractivity contribution in [3.05, 3.63) is 65.4 Å². The van der Waals surface area contributed by atoms with Gasteiger partial charge in [0.25, 0.3) is 0 Å². The lowest BCUT2D eigenvalue weighted by atomic mass is 9.77. The molecule has 0 aliphatic carbocycles. The zero-order valence-corrected chi connectivity index (χ0v) is 21.7. The van der Waals surface area contributed by atoms with Crippen LogP contribution in [0.15, 0.2) is 59.6 Å². The number of fused-ring (bicyclic) bond motifs is 1. The molecule has 2 aromatic carbocycles. The molecule has 9 heteroatoms. The molecule has 7 nitrogen and oxygen atoms in total. The van der Waals surface area contributed by atoms with Gasteiger partial charge in [0.1, 0.15) is 0 Å². The minimum atomic E-state index is -3.56. The van der Waals surface area contributed by atoms with Crippen LogP contribution in [0.1, 0.15) is 31.4 Å². The summed E-state index contributed by atoms with van der Waals surface area (Å²) in [5.41, 5.74) is 1.34. The molecule has 0 saturated carbocycles. The Morgan fingerprint density at radius 1 is 1.00 bits per heavy atom. The van der Waals surface area contributed by atoms with Gasteiger partial charge in [-0.05, 0) is 73.4 Å². The number of hydrogen-bond donors (Lipinski definition) is 0. The van der Waals surface area contributed by atoms with E-state index < -0.39 is 15.3 Å². The van der Waals surface area contributed by atoms with E-state index >= 15 is 0 Å². The van der Waals surface area contributed by atoms with E-state index in [-0.39, 0.29) is 41.8 Å². The highest BCUT2D eigenvalue weighted by atomic mass is 35.5. The van der Waals surface area contributed by atoms with E-state index in [9.17, 15) is 18.0 Å². The molecule has 2 aliphatic heterocycles. The van der Waals surface area contributed by atoms with Crippen molar-refractivity contribution in [2.45, 2.75) is 37.5 Å². The molecule has 0 radical (unpaired) electrons. The molecule has 3 aromatic rings. The summed E-state index contributed by atoms with van der Waals surface area (Å²) in [6, 6.07) is 14.2. The first kappa shape index (κ1) is 24.7. The van der Waals surface area contributed by atoms with E-state index in [0.717, 1.165) is 22.2 Å². The highest BCUT2D eigenvalue weighted by molar-refractivity contribution is 7.91. The number of aryl methyl sites for hydroxylation is 1. The van der Waals surface area contributed by atoms with Crippen molar-refractivity contribution in [2.75, 3.05) is 30.3 Å². The summed E-state index contributed by atoms with van der Waals surface area (Å²) in [6.45, 7) is 3.45. The van der Waals surface area contributed by atoms with Crippen LogP contribution in [0.3, 0.4) is 0 Å². The van der Waals surface area contributed by atoms with Crippen LogP contribution in [0.2, 0.25) is 5.02 Å². The fraction of sp³-hybridized carbons (Fsp3) is 0.370. The first-order valence-electron chi connectivity index (χ1n) is 12.1. The number of rotatable bonds is 6. The van der Waals surface area contributed by atoms with Crippen LogP contribution in [0.4, 0.5) is 5.69 Å². The largest absolute Gasteiger partial charge is 0.371 e. The third kappa shape index (κ3) is 4.72. The third-order valence-electron chi connectivity index (χ3n) is 7.38. The second-order valence-electron chi connectivity index (χ2n) is 9.78. The SMILES string of the molecule is Cc1cc(N2CCC3(CC2)CC(=O)N(CCCS(=O)(=O)c2ccc4cc(Cl)ccc4c2)C3=O)ccn1. The van der Waals surface area contributed by atoms with Gasteiger partial charge in [0.15, 0.2) is 9.84 Å². The normalized spacial score (nSPS) is 17.9. The number of nitrogens with zero attached hydrogens (tertiary/aromatic N) is 3. The van der Waals surface area contributed by atoms with Crippen molar-refractivity contribution in [1.82, 2.24) is 9.88 Å². The monoisotopic (exact) mass is 525 g/mol. The number of hydrogen-bond acceptors (Lipinski definition) is 6. The first-order chi connectivity index (χ1) is 17.2. The molecule has 1 aromatic heterocycles. The van der Waals surface area contributed by atoms with E-state index in [1.165, 1.54) is 4.90 Å². The summed E-state index contributed by atoms with van der Waals surface area (Å²) in [5, 5.41) is 2.25. The van der Waals surface area contributed by atoms with Gasteiger partial charge in [0.05, 0.1) is 16.1 Å². The molecule has 36 heavy (non-hydrogen) atoms. The van der Waals surface area contributed by atoms with Gasteiger partial charge in [-0.2, -0.15) is 0 Å². The van der Waals surface area contributed by atoms with Crippen LogP contribution in [0.5, 0.6) is 0 Å². The van der Waals surface area contributed by atoms with Crippen LogP contribution < -0.4 is 4.90 Å². The number of carbonyl (C=O) groups excluding carboxylic acids is 2. The highest BCUT2D eigenvalue weighted by Crippen LogP contribution is 2.43. The minimum Gasteiger partial charge on any atom is -0.371 e. The van der Waals surface area contributed by atoms with Gasteiger partial charge in [0, 0.05) is 48.7 Å². The fourth-order valence-corrected chi connectivity index (χ4v) is 6.82. The van der Waals surface area contributed by atoms with Crippen LogP contribution >= 0.6 is 11.6 Å². The average Bonchev–Trinajstić information content (AvgIpc) is 3.08. The Morgan fingerprint density at radius 2 is 1.72 bits per heavy atom. The van der Waals surface area contributed by atoms with Gasteiger partial charge in [-0.1, -0.05) is 23.7 Å². The predicted octanol–water partition coefficient (Wildman–Crippen LogP) is 4.41. The second kappa shape index (κ2) is 9.48. The number of aromatic nitrogens is 1. The van der Waals surface area contributed by atoms with Crippen molar-refractivity contribution in [3.8, 4) is 0 Å². The van der Waals surface area contributed by atoms with Crippen molar-refractivity contribution in [2.24, 2.45) is 5.41 Å². The summed E-state index contributed by atoms with van der Waals surface area (Å²) in [5.74, 6) is -0.489. The summed E-state index contributed by atoms with van der Waals surface area (Å²) >= 11 is 6.01. The predicted molar refractivity (Wildman–Crippen MR) is 140 cm³/mol. The van der Waals surface area contributed by atoms with E-state index in [4.69, 9.17) is 11.6 Å². The number of benzene rings is 2. The Balaban J connectivity index is 1.20. The molecule has 2 amide bonds. The van der Waals surface area contributed by atoms with E-state index in [1.54, 1.807) is 42.6 Å². The third-order valence-corrected chi connectivity index (χ3v) is 9.42. The van der Waals surface area contributed by atoms with Gasteiger partial charge in [-0.15, -0.1) is 0 Å². The fourth-order valence-electron chi connectivity index (χ4n) is 5.32. The highest BCUT2D eigenvalue weighted by Gasteiger charge is 2.52. The van der Waals surface area contributed by atoms with Crippen molar-refractivity contribution in [3.63, 3.8) is 0 Å². The molecule has 3 heterocycles. The molecular weight excluding hydrogens is 498 g/mol. The van der Waals surface area contributed by atoms with Gasteiger partial charge in [0.2, 0.25) is 11.8 Å². The number of likely N-dealkylation sites (tertiary alicyclic amines) is 1. The number of amides is 2. The van der Waals surface area contributed by atoms with Crippen LogP contribution in [-0.4, -0.2) is 55.5 Å². The van der Waals surface area contributed by atoms with E-state index in [1.807, 2.05) is 19.1 Å². The molecule has 0 bridgehead atoms. The second-order valence-corrected chi connectivity index (χ2v) is 12.3. The molecule has 188 valence electrons. The molecule has 0 atom stereocenters. The van der Waals surface area contributed by atoms with Crippen molar-refractivity contribution < 1.29 is 18.0 Å². The maximum Gasteiger partial charge on any atom is 0.236 e. The number of pyridine rings is 1. The lowest BCUT2D eigenvalue weighted by molar-refractivity contribution is -0.141. The quantitative estimate of drug-likeness (QED) is 0.443. The number of piperidine rings is 1. The first-order valence-corrected chi connectivity index (χ1v) is 14.1. The maximum absolute atomic E-state index is 13.3. The molecule has 2 fully saturated rings. The Kier molecular flexibility index (Phi) is 6.51. The molecule has 0 N–H and O–H groups in total. The topological polar surface area (TPSA) is 87.7 Å². The molecular formula is C27H28ClN3O4S. The number of carbonyl (C=O) groups is 2. The van der Waals surface area contributed by atoms with Crippen LogP contribution in [-0.2, 0) is 19.4 Å². The lowest BCUT2D eigenvalue weighted by Gasteiger charge is -2.38. The number of sulfone groups is 1. The average molecular weight is 526 g/mol. The Bertz CT molecular complexity index is 1450. The summed E-state index contributed by atoms with van der Waals surface area (Å²) in [4.78, 5) is 34.1. The molecule has 5 rings (SSSR count). The Morgan fingerprint density at radius 3 is 2.47 bits per heavy atom. The Labute approximate surface area is 216 Å². The van der Waals surface area contributed by atoms with E-state index in [2.05, 4.69) is 9.88 Å². The maximum atomic E-state index is 13.3. The van der Waals surface area contributed by atoms with Crippen LogP contribution in [0.25, 0.3) is 10.8 Å². The summed E-state index contributed by atoms with van der Waals surface area (Å²) < 4.78 is 25.9. The minimum absolute atomic E-state index is 0.120. The Hall–Kier alpha value is -2.97. The van der Waals surface area contributed by atoms with Gasteiger partial charge in [-0.3, -0.25) is 19.5 Å². The van der Waals surface area contributed by atoms with Crippen LogP contribution in [0, 0.1) is 12.3 Å². The summed E-state index contributed by atoms with van der Waals surface area (Å²) in [7, 11) is -3.56. The number of imide groups is 1. The summed E-state index contributed by atoms with van der Waals surface area (Å²) in [6.07, 6.45) is 3.40. The molecule has 2 saturated heterocycles. The molecule has 0 unspecified atom stereocenters. The smallest absolute Gasteiger partial charge is 0.236 e. The van der Waals surface area contributed by atoms with Gasteiger partial charge in [-0.25, -0.2) is 8.42 Å². The van der Waals surface area contributed by atoms with Crippen molar-refractivity contribution >= 4 is 49.7 Å². The molecule has 1 spiro atoms. The number of anilines is 1. The lowest BCUT2D eigenvalue weighted by Crippen LogP contribution is -2.45. The number of halogens is 1. The van der Waals surface area contributed by atoms with Crippen molar-refractivity contribution in [1.29, 1.82) is 0 Å². The van der Waals surface area contributed by atoms with Gasteiger partial charge < -0.3 is 4.90 Å². The zero-order chi connectivity index (χ0) is 25.5. The zero-order valence-electron chi connectivity index (χ0n) is 20.1. The molecule has 2 aliphatic rings. The van der Waals surface area contributed by atoms with Gasteiger partial charge >= 0.3 is 0 Å². The van der Waals surface area contributed by atoms with E-state index in [0.29, 0.717) is 31.0 Å².